The van der Waals surface area contributed by atoms with Crippen LogP contribution in [-0.4, -0.2) is 0 Å². The summed E-state index contributed by atoms with van der Waals surface area (Å²) in [5, 5.41) is 2.76. The maximum Gasteiger partial charge on any atom is 0.201 e. The Balaban J connectivity index is 2.04. The van der Waals surface area contributed by atoms with Crippen molar-refractivity contribution in [2.45, 2.75) is 16.7 Å². The van der Waals surface area contributed by atoms with E-state index in [4.69, 9.17) is 0 Å². The summed E-state index contributed by atoms with van der Waals surface area (Å²) < 4.78 is 1.04. The molecule has 0 aliphatic rings. The van der Waals surface area contributed by atoms with Crippen LogP contribution in [0.15, 0.2) is 68.5 Å². The Bertz CT molecular complexity index is 773. The summed E-state index contributed by atoms with van der Waals surface area (Å²) in [6, 6.07) is 16.0. The zero-order chi connectivity index (χ0) is 13.2. The molecule has 0 radical (unpaired) electrons. The lowest BCUT2D eigenvalue weighted by Crippen LogP contribution is -2.02. The summed E-state index contributed by atoms with van der Waals surface area (Å²) in [7, 11) is 0. The molecule has 3 aromatic rings. The molecule has 0 amide bonds. The van der Waals surface area contributed by atoms with E-state index in [0.717, 1.165) is 19.9 Å². The maximum absolute atomic E-state index is 12.4. The van der Waals surface area contributed by atoms with Crippen LogP contribution >= 0.6 is 23.1 Å². The smallest absolute Gasteiger partial charge is 0.201 e. The molecule has 0 aliphatic carbocycles. The number of benzene rings is 2. The van der Waals surface area contributed by atoms with E-state index in [9.17, 15) is 4.79 Å². The highest BCUT2D eigenvalue weighted by Gasteiger charge is 2.06. The molecule has 0 atom stereocenters. The summed E-state index contributed by atoms with van der Waals surface area (Å²) in [6.45, 7) is 2.06. The number of fused-ring (bicyclic) bond motifs is 1. The molecule has 1 nitrogen and oxygen atoms in total. The van der Waals surface area contributed by atoms with E-state index in [1.807, 2.05) is 29.6 Å². The van der Waals surface area contributed by atoms with Crippen LogP contribution in [0.2, 0.25) is 0 Å². The molecule has 0 spiro atoms. The lowest BCUT2D eigenvalue weighted by molar-refractivity contribution is 1.36. The predicted molar refractivity (Wildman–Crippen MR) is 83.4 cm³/mol. The van der Waals surface area contributed by atoms with Crippen molar-refractivity contribution in [1.82, 2.24) is 0 Å². The molecule has 0 unspecified atom stereocenters. The Kier molecular flexibility index (Phi) is 3.40. The minimum absolute atomic E-state index is 0.125. The molecule has 2 aromatic carbocycles. The van der Waals surface area contributed by atoms with Crippen molar-refractivity contribution in [2.75, 3.05) is 0 Å². The SMILES string of the molecule is Cc1ccc(Sc2csc3ccccc3c2=O)cc1. The van der Waals surface area contributed by atoms with Crippen molar-refractivity contribution >= 4 is 33.2 Å². The normalized spacial score (nSPS) is 10.8. The van der Waals surface area contributed by atoms with Gasteiger partial charge in [-0.15, -0.1) is 11.3 Å². The van der Waals surface area contributed by atoms with E-state index in [1.165, 1.54) is 17.3 Å². The number of aryl methyl sites for hydroxylation is 1. The van der Waals surface area contributed by atoms with Gasteiger partial charge in [-0.2, -0.15) is 0 Å². The topological polar surface area (TPSA) is 17.1 Å². The summed E-state index contributed by atoms with van der Waals surface area (Å²) in [5.74, 6) is 0. The summed E-state index contributed by atoms with van der Waals surface area (Å²) in [5.41, 5.74) is 1.35. The first-order chi connectivity index (χ1) is 9.24. The van der Waals surface area contributed by atoms with Gasteiger partial charge in [-0.05, 0) is 31.2 Å². The fourth-order valence-corrected chi connectivity index (χ4v) is 3.72. The minimum Gasteiger partial charge on any atom is -0.288 e. The van der Waals surface area contributed by atoms with Crippen molar-refractivity contribution in [1.29, 1.82) is 0 Å². The van der Waals surface area contributed by atoms with Gasteiger partial charge in [0, 0.05) is 20.4 Å². The van der Waals surface area contributed by atoms with Crippen LogP contribution < -0.4 is 5.43 Å². The third kappa shape index (κ3) is 2.57. The van der Waals surface area contributed by atoms with Gasteiger partial charge in [0.25, 0.3) is 0 Å². The highest BCUT2D eigenvalue weighted by molar-refractivity contribution is 7.99. The molecule has 3 heteroatoms. The molecule has 0 fully saturated rings. The second-order valence-corrected chi connectivity index (χ2v) is 6.37. The first kappa shape index (κ1) is 12.5. The van der Waals surface area contributed by atoms with E-state index in [1.54, 1.807) is 11.3 Å². The fraction of sp³-hybridized carbons (Fsp3) is 0.0625. The van der Waals surface area contributed by atoms with Gasteiger partial charge in [0.1, 0.15) is 0 Å². The number of hydrogen-bond acceptors (Lipinski definition) is 3. The van der Waals surface area contributed by atoms with Gasteiger partial charge in [-0.25, -0.2) is 0 Å². The first-order valence-corrected chi connectivity index (χ1v) is 7.69. The predicted octanol–water partition coefficient (Wildman–Crippen LogP) is 4.72. The van der Waals surface area contributed by atoms with E-state index in [0.29, 0.717) is 0 Å². The Labute approximate surface area is 119 Å². The van der Waals surface area contributed by atoms with Crippen molar-refractivity contribution in [2.24, 2.45) is 0 Å². The molecule has 0 aliphatic heterocycles. The summed E-state index contributed by atoms with van der Waals surface area (Å²) >= 11 is 3.15. The molecule has 0 saturated heterocycles. The van der Waals surface area contributed by atoms with Gasteiger partial charge in [0.2, 0.25) is 5.43 Å². The number of rotatable bonds is 2. The van der Waals surface area contributed by atoms with Crippen molar-refractivity contribution < 1.29 is 0 Å². The van der Waals surface area contributed by atoms with Crippen LogP contribution in [0.5, 0.6) is 0 Å². The number of hydrogen-bond donors (Lipinski definition) is 0. The molecule has 94 valence electrons. The first-order valence-electron chi connectivity index (χ1n) is 5.99. The monoisotopic (exact) mass is 284 g/mol. The Hall–Kier alpha value is -1.58. The third-order valence-corrected chi connectivity index (χ3v) is 5.04. The highest BCUT2D eigenvalue weighted by Crippen LogP contribution is 2.28. The van der Waals surface area contributed by atoms with Crippen LogP contribution in [0.3, 0.4) is 0 Å². The molecule has 19 heavy (non-hydrogen) atoms. The second kappa shape index (κ2) is 5.19. The molecule has 3 rings (SSSR count). The fourth-order valence-electron chi connectivity index (χ4n) is 1.86. The van der Waals surface area contributed by atoms with Gasteiger partial charge in [-0.3, -0.25) is 4.79 Å². The minimum atomic E-state index is 0.125. The van der Waals surface area contributed by atoms with Gasteiger partial charge < -0.3 is 0 Å². The van der Waals surface area contributed by atoms with E-state index in [-0.39, 0.29) is 5.43 Å². The van der Waals surface area contributed by atoms with E-state index in [2.05, 4.69) is 31.2 Å². The van der Waals surface area contributed by atoms with Crippen molar-refractivity contribution in [3.63, 3.8) is 0 Å². The highest BCUT2D eigenvalue weighted by atomic mass is 32.2. The molecule has 1 aromatic heterocycles. The molecular formula is C16H12OS2. The van der Waals surface area contributed by atoms with Crippen LogP contribution in [-0.2, 0) is 0 Å². The molecule has 0 bridgehead atoms. The average molecular weight is 284 g/mol. The van der Waals surface area contributed by atoms with Crippen LogP contribution in [0, 0.1) is 6.92 Å². The Morgan fingerprint density at radius 2 is 1.74 bits per heavy atom. The zero-order valence-electron chi connectivity index (χ0n) is 10.4. The molecule has 0 N–H and O–H groups in total. The molecule has 0 saturated carbocycles. The zero-order valence-corrected chi connectivity index (χ0v) is 12.1. The van der Waals surface area contributed by atoms with Gasteiger partial charge >= 0.3 is 0 Å². The Morgan fingerprint density at radius 3 is 2.53 bits per heavy atom. The average Bonchev–Trinajstić information content (AvgIpc) is 2.45. The Morgan fingerprint density at radius 1 is 1.00 bits per heavy atom. The van der Waals surface area contributed by atoms with Crippen molar-refractivity contribution in [3.05, 3.63) is 69.7 Å². The lowest BCUT2D eigenvalue weighted by atomic mass is 10.2. The standard InChI is InChI=1S/C16H12OS2/c1-11-6-8-12(9-7-11)19-15-10-18-14-5-3-2-4-13(14)16(15)17/h2-10H,1H3. The van der Waals surface area contributed by atoms with Gasteiger partial charge in [0.05, 0.1) is 4.90 Å². The van der Waals surface area contributed by atoms with Crippen LogP contribution in [0.4, 0.5) is 0 Å². The van der Waals surface area contributed by atoms with Gasteiger partial charge in [-0.1, -0.05) is 41.6 Å². The maximum atomic E-state index is 12.4. The second-order valence-electron chi connectivity index (χ2n) is 4.34. The van der Waals surface area contributed by atoms with E-state index < -0.39 is 0 Å². The summed E-state index contributed by atoms with van der Waals surface area (Å²) in [4.78, 5) is 14.3. The van der Waals surface area contributed by atoms with Crippen LogP contribution in [0.1, 0.15) is 5.56 Å². The van der Waals surface area contributed by atoms with Crippen molar-refractivity contribution in [3.8, 4) is 0 Å². The molecular weight excluding hydrogens is 272 g/mol. The third-order valence-electron chi connectivity index (χ3n) is 2.90. The summed E-state index contributed by atoms with van der Waals surface area (Å²) in [6.07, 6.45) is 0. The van der Waals surface area contributed by atoms with Gasteiger partial charge in [0.15, 0.2) is 0 Å². The van der Waals surface area contributed by atoms with Crippen LogP contribution in [0.25, 0.3) is 10.1 Å². The lowest BCUT2D eigenvalue weighted by Gasteiger charge is -2.02. The van der Waals surface area contributed by atoms with E-state index >= 15 is 0 Å². The quantitative estimate of drug-likeness (QED) is 0.677. The largest absolute Gasteiger partial charge is 0.288 e. The molecule has 1 heterocycles.